The van der Waals surface area contributed by atoms with Crippen molar-refractivity contribution in [2.45, 2.75) is 19.9 Å². The molecule has 0 saturated carbocycles. The van der Waals surface area contributed by atoms with Gasteiger partial charge in [0.05, 0.1) is 29.7 Å². The van der Waals surface area contributed by atoms with Crippen molar-refractivity contribution in [1.82, 2.24) is 10.3 Å². The number of benzene rings is 1. The third-order valence-corrected chi connectivity index (χ3v) is 5.99. The Morgan fingerprint density at radius 1 is 1.20 bits per heavy atom. The molecule has 2 amide bonds. The Hall–Kier alpha value is -2.91. The molecule has 8 nitrogen and oxygen atoms in total. The number of hydrogen-bond donors (Lipinski definition) is 2. The second kappa shape index (κ2) is 8.85. The van der Waals surface area contributed by atoms with Crippen molar-refractivity contribution in [2.24, 2.45) is 5.92 Å². The van der Waals surface area contributed by atoms with Crippen molar-refractivity contribution in [2.75, 3.05) is 36.5 Å². The fourth-order valence-electron chi connectivity index (χ4n) is 3.26. The molecule has 0 radical (unpaired) electrons. The van der Waals surface area contributed by atoms with Crippen molar-refractivity contribution < 1.29 is 18.7 Å². The lowest BCUT2D eigenvalue weighted by atomic mass is 10.0. The van der Waals surface area contributed by atoms with E-state index in [-0.39, 0.29) is 17.6 Å². The smallest absolute Gasteiger partial charge is 0.287 e. The monoisotopic (exact) mass is 428 g/mol. The summed E-state index contributed by atoms with van der Waals surface area (Å²) in [6, 6.07) is 8.15. The molecule has 3 aromatic rings. The van der Waals surface area contributed by atoms with Gasteiger partial charge < -0.3 is 24.7 Å². The van der Waals surface area contributed by atoms with Crippen LogP contribution in [0.15, 0.2) is 41.0 Å². The van der Waals surface area contributed by atoms with Crippen molar-refractivity contribution in [3.63, 3.8) is 0 Å². The van der Waals surface area contributed by atoms with Crippen molar-refractivity contribution in [3.8, 4) is 0 Å². The van der Waals surface area contributed by atoms with Crippen LogP contribution in [0.4, 0.5) is 10.8 Å². The first-order valence-electron chi connectivity index (χ1n) is 9.90. The van der Waals surface area contributed by atoms with Gasteiger partial charge >= 0.3 is 0 Å². The summed E-state index contributed by atoms with van der Waals surface area (Å²) in [4.78, 5) is 32.1. The third kappa shape index (κ3) is 4.47. The lowest BCUT2D eigenvalue weighted by molar-refractivity contribution is -0.118. The fourth-order valence-corrected chi connectivity index (χ4v) is 4.31. The van der Waals surface area contributed by atoms with E-state index in [0.717, 1.165) is 28.4 Å². The lowest BCUT2D eigenvalue weighted by Crippen LogP contribution is -2.47. The Labute approximate surface area is 178 Å². The van der Waals surface area contributed by atoms with E-state index >= 15 is 0 Å². The minimum absolute atomic E-state index is 0.0935. The van der Waals surface area contributed by atoms with Gasteiger partial charge in [-0.1, -0.05) is 25.2 Å². The molecule has 1 saturated heterocycles. The van der Waals surface area contributed by atoms with E-state index in [1.54, 1.807) is 23.5 Å². The zero-order valence-corrected chi connectivity index (χ0v) is 17.7. The summed E-state index contributed by atoms with van der Waals surface area (Å²) in [6.45, 7) is 6.83. The van der Waals surface area contributed by atoms with Crippen LogP contribution in [0, 0.1) is 5.92 Å². The maximum Gasteiger partial charge on any atom is 0.287 e. The average molecular weight is 429 g/mol. The molecule has 1 atom stereocenters. The van der Waals surface area contributed by atoms with Gasteiger partial charge in [0.2, 0.25) is 5.91 Å². The van der Waals surface area contributed by atoms with Crippen LogP contribution in [-0.2, 0) is 9.53 Å². The first-order valence-corrected chi connectivity index (χ1v) is 10.7. The Morgan fingerprint density at radius 2 is 2.00 bits per heavy atom. The third-order valence-electron chi connectivity index (χ3n) is 4.91. The SMILES string of the molecule is CC(C)[C@@H](NC(=O)c1ccco1)C(=O)Nc1ccc2nc(N3CCOCC3)sc2c1. The fraction of sp³-hybridized carbons (Fsp3) is 0.381. The summed E-state index contributed by atoms with van der Waals surface area (Å²) in [5.74, 6) is -0.608. The highest BCUT2D eigenvalue weighted by Gasteiger charge is 2.26. The highest BCUT2D eigenvalue weighted by atomic mass is 32.1. The molecular formula is C21H24N4O4S. The van der Waals surface area contributed by atoms with Crippen molar-refractivity contribution in [3.05, 3.63) is 42.4 Å². The number of furan rings is 1. The molecule has 9 heteroatoms. The van der Waals surface area contributed by atoms with E-state index in [4.69, 9.17) is 14.1 Å². The Bertz CT molecular complexity index is 1020. The molecule has 1 aliphatic heterocycles. The van der Waals surface area contributed by atoms with Crippen LogP contribution in [0.2, 0.25) is 0 Å². The predicted octanol–water partition coefficient (Wildman–Crippen LogP) is 3.12. The summed E-state index contributed by atoms with van der Waals surface area (Å²) >= 11 is 1.59. The number of hydrogen-bond acceptors (Lipinski definition) is 7. The zero-order chi connectivity index (χ0) is 21.1. The Balaban J connectivity index is 1.47. The van der Waals surface area contributed by atoms with E-state index in [9.17, 15) is 9.59 Å². The number of fused-ring (bicyclic) bond motifs is 1. The maximum absolute atomic E-state index is 12.9. The van der Waals surface area contributed by atoms with E-state index in [1.807, 2.05) is 32.0 Å². The van der Waals surface area contributed by atoms with Gasteiger partial charge in [-0.05, 0) is 36.2 Å². The molecule has 0 unspecified atom stereocenters. The number of amides is 2. The van der Waals surface area contributed by atoms with Crippen LogP contribution in [0.25, 0.3) is 10.2 Å². The average Bonchev–Trinajstić information content (AvgIpc) is 3.42. The molecule has 1 aliphatic rings. The van der Waals surface area contributed by atoms with Gasteiger partial charge in [0.25, 0.3) is 5.91 Å². The predicted molar refractivity (Wildman–Crippen MR) is 116 cm³/mol. The summed E-state index contributed by atoms with van der Waals surface area (Å²) in [5, 5.41) is 6.63. The highest BCUT2D eigenvalue weighted by molar-refractivity contribution is 7.22. The van der Waals surface area contributed by atoms with E-state index in [1.165, 1.54) is 6.26 Å². The summed E-state index contributed by atoms with van der Waals surface area (Å²) in [7, 11) is 0. The highest BCUT2D eigenvalue weighted by Crippen LogP contribution is 2.31. The topological polar surface area (TPSA) is 96.7 Å². The molecule has 0 aliphatic carbocycles. The number of nitrogens with zero attached hydrogens (tertiary/aromatic N) is 2. The van der Waals surface area contributed by atoms with Gasteiger partial charge in [0, 0.05) is 18.8 Å². The standard InChI is InChI=1S/C21H24N4O4S/c1-13(2)18(24-19(26)16-4-3-9-29-16)20(27)22-14-5-6-15-17(12-14)30-21(23-15)25-7-10-28-11-8-25/h3-6,9,12-13,18H,7-8,10-11H2,1-2H3,(H,22,27)(H,24,26)/t18-/m1/s1. The number of morpholine rings is 1. The molecule has 30 heavy (non-hydrogen) atoms. The Morgan fingerprint density at radius 3 is 2.70 bits per heavy atom. The second-order valence-electron chi connectivity index (χ2n) is 7.44. The molecule has 158 valence electrons. The van der Waals surface area contributed by atoms with E-state index < -0.39 is 11.9 Å². The van der Waals surface area contributed by atoms with E-state index in [2.05, 4.69) is 15.5 Å². The zero-order valence-electron chi connectivity index (χ0n) is 16.9. The molecule has 2 aromatic heterocycles. The van der Waals surface area contributed by atoms with Gasteiger partial charge in [0.1, 0.15) is 6.04 Å². The summed E-state index contributed by atoms with van der Waals surface area (Å²) in [5.41, 5.74) is 1.56. The van der Waals surface area contributed by atoms with Crippen molar-refractivity contribution in [1.29, 1.82) is 0 Å². The summed E-state index contributed by atoms with van der Waals surface area (Å²) in [6.07, 6.45) is 1.43. The number of thiazole rings is 1. The van der Waals surface area contributed by atoms with E-state index in [0.29, 0.717) is 18.9 Å². The molecule has 1 fully saturated rings. The molecule has 0 bridgehead atoms. The van der Waals surface area contributed by atoms with Crippen LogP contribution in [0.1, 0.15) is 24.4 Å². The molecule has 2 N–H and O–H groups in total. The van der Waals surface area contributed by atoms with Crippen LogP contribution >= 0.6 is 11.3 Å². The minimum Gasteiger partial charge on any atom is -0.459 e. The minimum atomic E-state index is -0.691. The van der Waals surface area contributed by atoms with Crippen LogP contribution < -0.4 is 15.5 Å². The quantitative estimate of drug-likeness (QED) is 0.626. The van der Waals surface area contributed by atoms with Crippen molar-refractivity contribution >= 4 is 44.2 Å². The van der Waals surface area contributed by atoms with Gasteiger partial charge in [-0.3, -0.25) is 9.59 Å². The number of anilines is 2. The second-order valence-corrected chi connectivity index (χ2v) is 8.45. The first-order chi connectivity index (χ1) is 14.5. The van der Waals surface area contributed by atoms with Crippen LogP contribution in [-0.4, -0.2) is 49.1 Å². The first kappa shape index (κ1) is 20.4. The number of nitrogens with one attached hydrogen (secondary N) is 2. The van der Waals surface area contributed by atoms with Crippen LogP contribution in [0.5, 0.6) is 0 Å². The maximum atomic E-state index is 12.9. The molecule has 3 heterocycles. The molecule has 1 aromatic carbocycles. The van der Waals surface area contributed by atoms with Gasteiger partial charge in [-0.25, -0.2) is 4.98 Å². The molecular weight excluding hydrogens is 404 g/mol. The number of rotatable bonds is 6. The summed E-state index contributed by atoms with van der Waals surface area (Å²) < 4.78 is 11.5. The molecule has 0 spiro atoms. The number of ether oxygens (including phenoxy) is 1. The number of aromatic nitrogens is 1. The number of carbonyl (C=O) groups is 2. The number of carbonyl (C=O) groups excluding carboxylic acids is 2. The molecule has 4 rings (SSSR count). The van der Waals surface area contributed by atoms with Crippen LogP contribution in [0.3, 0.4) is 0 Å². The lowest BCUT2D eigenvalue weighted by Gasteiger charge is -2.25. The normalized spacial score (nSPS) is 15.4. The van der Waals surface area contributed by atoms with Gasteiger partial charge in [-0.2, -0.15) is 0 Å². The van der Waals surface area contributed by atoms with Gasteiger partial charge in [0.15, 0.2) is 10.9 Å². The Kier molecular flexibility index (Phi) is 6.01. The van der Waals surface area contributed by atoms with Gasteiger partial charge in [-0.15, -0.1) is 0 Å². The largest absolute Gasteiger partial charge is 0.459 e.